The molecular formula is C24H21FN2O3. The van der Waals surface area contributed by atoms with Gasteiger partial charge in [0.2, 0.25) is 0 Å². The van der Waals surface area contributed by atoms with E-state index in [9.17, 15) is 14.0 Å². The van der Waals surface area contributed by atoms with Crippen LogP contribution in [0.1, 0.15) is 23.8 Å². The zero-order valence-corrected chi connectivity index (χ0v) is 16.5. The first kappa shape index (κ1) is 19.6. The van der Waals surface area contributed by atoms with Gasteiger partial charge in [-0.05, 0) is 42.3 Å². The maximum atomic E-state index is 13.5. The van der Waals surface area contributed by atoms with Crippen LogP contribution in [0.15, 0.2) is 83.1 Å². The van der Waals surface area contributed by atoms with E-state index in [0.29, 0.717) is 30.1 Å². The fraction of sp³-hybridized carbons (Fsp3) is 0.167. The molecule has 6 heteroatoms. The lowest BCUT2D eigenvalue weighted by Gasteiger charge is -2.24. The number of hydrogen-bond donors (Lipinski definition) is 0. The Morgan fingerprint density at radius 2 is 1.67 bits per heavy atom. The number of carbonyl (C=O) groups is 2. The second-order valence-corrected chi connectivity index (χ2v) is 7.01. The molecule has 5 nitrogen and oxygen atoms in total. The minimum Gasteiger partial charge on any atom is -0.467 e. The molecule has 3 aromatic rings. The molecule has 30 heavy (non-hydrogen) atoms. The summed E-state index contributed by atoms with van der Waals surface area (Å²) in [6.45, 7) is 2.99. The maximum Gasteiger partial charge on any atom is 0.278 e. The molecule has 0 unspecified atom stereocenters. The summed E-state index contributed by atoms with van der Waals surface area (Å²) < 4.78 is 18.8. The first-order valence-corrected chi connectivity index (χ1v) is 9.76. The highest BCUT2D eigenvalue weighted by molar-refractivity contribution is 6.35. The van der Waals surface area contributed by atoms with Crippen LogP contribution in [-0.4, -0.2) is 28.2 Å². The van der Waals surface area contributed by atoms with Crippen molar-refractivity contribution in [1.82, 2.24) is 9.80 Å². The van der Waals surface area contributed by atoms with E-state index in [-0.39, 0.29) is 18.0 Å². The van der Waals surface area contributed by atoms with Crippen molar-refractivity contribution < 1.29 is 18.4 Å². The Bertz CT molecular complexity index is 1070. The van der Waals surface area contributed by atoms with Crippen LogP contribution in [0.3, 0.4) is 0 Å². The first-order valence-electron chi connectivity index (χ1n) is 9.76. The van der Waals surface area contributed by atoms with Crippen LogP contribution in [0.5, 0.6) is 0 Å². The van der Waals surface area contributed by atoms with E-state index in [1.165, 1.54) is 35.4 Å². The van der Waals surface area contributed by atoms with Gasteiger partial charge in [0.05, 0.1) is 18.4 Å². The third-order valence-corrected chi connectivity index (χ3v) is 5.08. The Labute approximate surface area is 174 Å². The molecule has 0 atom stereocenters. The first-order chi connectivity index (χ1) is 14.6. The summed E-state index contributed by atoms with van der Waals surface area (Å²) in [4.78, 5) is 29.7. The molecule has 152 valence electrons. The molecule has 2 aromatic carbocycles. The normalized spacial score (nSPS) is 14.0. The van der Waals surface area contributed by atoms with Crippen molar-refractivity contribution in [3.8, 4) is 0 Å². The highest BCUT2D eigenvalue weighted by Gasteiger charge is 2.41. The van der Waals surface area contributed by atoms with Crippen LogP contribution < -0.4 is 0 Å². The number of hydrogen-bond acceptors (Lipinski definition) is 4. The van der Waals surface area contributed by atoms with Crippen molar-refractivity contribution >= 4 is 17.4 Å². The molecule has 0 saturated heterocycles. The molecule has 0 bridgehead atoms. The fourth-order valence-corrected chi connectivity index (χ4v) is 3.59. The molecule has 2 heterocycles. The van der Waals surface area contributed by atoms with Crippen molar-refractivity contribution in [1.29, 1.82) is 0 Å². The van der Waals surface area contributed by atoms with Crippen molar-refractivity contribution in [2.75, 3.05) is 6.54 Å². The highest BCUT2D eigenvalue weighted by Crippen LogP contribution is 2.33. The Morgan fingerprint density at radius 1 is 0.933 bits per heavy atom. The van der Waals surface area contributed by atoms with Gasteiger partial charge in [-0.1, -0.05) is 42.5 Å². The summed E-state index contributed by atoms with van der Waals surface area (Å²) >= 11 is 0. The van der Waals surface area contributed by atoms with Crippen molar-refractivity contribution in [2.24, 2.45) is 0 Å². The van der Waals surface area contributed by atoms with Crippen LogP contribution in [0.4, 0.5) is 4.39 Å². The summed E-state index contributed by atoms with van der Waals surface area (Å²) in [5.74, 6) is -0.678. The number of halogens is 1. The molecule has 0 saturated carbocycles. The Morgan fingerprint density at radius 3 is 2.30 bits per heavy atom. The zero-order valence-electron chi connectivity index (χ0n) is 16.5. The third-order valence-electron chi connectivity index (χ3n) is 5.08. The van der Waals surface area contributed by atoms with Crippen molar-refractivity contribution in [3.63, 3.8) is 0 Å². The van der Waals surface area contributed by atoms with Gasteiger partial charge in [-0.2, -0.15) is 0 Å². The fourth-order valence-electron chi connectivity index (χ4n) is 3.59. The lowest BCUT2D eigenvalue weighted by atomic mass is 10.0. The molecule has 0 spiro atoms. The maximum absolute atomic E-state index is 13.5. The van der Waals surface area contributed by atoms with E-state index in [4.69, 9.17) is 4.42 Å². The predicted molar refractivity (Wildman–Crippen MR) is 110 cm³/mol. The average molecular weight is 404 g/mol. The van der Waals surface area contributed by atoms with Crippen LogP contribution in [-0.2, 0) is 22.7 Å². The van der Waals surface area contributed by atoms with E-state index in [2.05, 4.69) is 0 Å². The number of likely N-dealkylation sites (N-methyl/N-ethyl adjacent to an activating group) is 1. The number of benzene rings is 2. The Balaban J connectivity index is 1.76. The molecule has 1 aliphatic rings. The van der Waals surface area contributed by atoms with E-state index in [1.54, 1.807) is 12.1 Å². The predicted octanol–water partition coefficient (Wildman–Crippen LogP) is 4.22. The van der Waals surface area contributed by atoms with Gasteiger partial charge < -0.3 is 9.32 Å². The molecule has 0 aliphatic carbocycles. The summed E-state index contributed by atoms with van der Waals surface area (Å²) in [6.07, 6.45) is 1.50. The minimum atomic E-state index is -0.412. The SMILES string of the molecule is CCN(Cc1ccccc1)C1=C(c2ccc(F)cc2)C(=O)N(Cc2ccco2)C1=O. The molecule has 0 radical (unpaired) electrons. The van der Waals surface area contributed by atoms with Gasteiger partial charge in [0.15, 0.2) is 0 Å². The molecule has 0 fully saturated rings. The van der Waals surface area contributed by atoms with E-state index >= 15 is 0 Å². The number of rotatable bonds is 7. The smallest absolute Gasteiger partial charge is 0.278 e. The number of furan rings is 1. The lowest BCUT2D eigenvalue weighted by Crippen LogP contribution is -2.34. The molecule has 2 amide bonds. The minimum absolute atomic E-state index is 0.0434. The van der Waals surface area contributed by atoms with Crippen LogP contribution in [0.25, 0.3) is 5.57 Å². The Kier molecular flexibility index (Phi) is 5.48. The van der Waals surface area contributed by atoms with Crippen LogP contribution in [0.2, 0.25) is 0 Å². The highest BCUT2D eigenvalue weighted by atomic mass is 19.1. The number of carbonyl (C=O) groups excluding carboxylic acids is 2. The van der Waals surface area contributed by atoms with Crippen molar-refractivity contribution in [3.05, 3.63) is 101 Å². The van der Waals surface area contributed by atoms with Gasteiger partial charge >= 0.3 is 0 Å². The number of imide groups is 1. The quantitative estimate of drug-likeness (QED) is 0.554. The number of nitrogens with zero attached hydrogens (tertiary/aromatic N) is 2. The van der Waals surface area contributed by atoms with Gasteiger partial charge in [-0.25, -0.2) is 4.39 Å². The van der Waals surface area contributed by atoms with E-state index < -0.39 is 11.7 Å². The van der Waals surface area contributed by atoms with Gasteiger partial charge in [0.1, 0.15) is 17.3 Å². The summed E-state index contributed by atoms with van der Waals surface area (Å²) in [5.41, 5.74) is 2.14. The largest absolute Gasteiger partial charge is 0.467 e. The van der Waals surface area contributed by atoms with Gasteiger partial charge in [-0.15, -0.1) is 0 Å². The van der Waals surface area contributed by atoms with Gasteiger partial charge in [-0.3, -0.25) is 14.5 Å². The Hall–Kier alpha value is -3.67. The standard InChI is InChI=1S/C24H21FN2O3/c1-2-26(15-17-7-4-3-5-8-17)22-21(18-10-12-19(25)13-11-18)23(28)27(24(22)29)16-20-9-6-14-30-20/h3-14H,2,15-16H2,1H3. The average Bonchev–Trinajstić information content (AvgIpc) is 3.36. The lowest BCUT2D eigenvalue weighted by molar-refractivity contribution is -0.138. The summed E-state index contributed by atoms with van der Waals surface area (Å²) in [5, 5.41) is 0. The van der Waals surface area contributed by atoms with E-state index in [1.807, 2.05) is 42.2 Å². The van der Waals surface area contributed by atoms with Crippen LogP contribution >= 0.6 is 0 Å². The summed E-state index contributed by atoms with van der Waals surface area (Å²) in [6, 6.07) is 18.8. The topological polar surface area (TPSA) is 53.8 Å². The zero-order chi connectivity index (χ0) is 21.1. The van der Waals surface area contributed by atoms with E-state index in [0.717, 1.165) is 5.56 Å². The molecule has 1 aromatic heterocycles. The second-order valence-electron chi connectivity index (χ2n) is 7.01. The van der Waals surface area contributed by atoms with Gasteiger partial charge in [0.25, 0.3) is 11.8 Å². The molecule has 1 aliphatic heterocycles. The van der Waals surface area contributed by atoms with Gasteiger partial charge in [0, 0.05) is 13.1 Å². The monoisotopic (exact) mass is 404 g/mol. The molecular weight excluding hydrogens is 383 g/mol. The number of amides is 2. The van der Waals surface area contributed by atoms with Crippen LogP contribution in [0, 0.1) is 5.82 Å². The second kappa shape index (κ2) is 8.37. The molecule has 0 N–H and O–H groups in total. The third kappa shape index (κ3) is 3.76. The van der Waals surface area contributed by atoms with Crippen molar-refractivity contribution in [2.45, 2.75) is 20.0 Å². The molecule has 4 rings (SSSR count). The summed E-state index contributed by atoms with van der Waals surface area (Å²) in [7, 11) is 0.